The Kier molecular flexibility index (Phi) is 9.04. The van der Waals surface area contributed by atoms with Crippen LogP contribution in [0.15, 0.2) is 12.4 Å². The number of carbonyl (C=O) groups is 1. The van der Waals surface area contributed by atoms with Crippen LogP contribution in [0.3, 0.4) is 0 Å². The highest BCUT2D eigenvalue weighted by molar-refractivity contribution is 5.72. The van der Waals surface area contributed by atoms with Crippen LogP contribution >= 0.6 is 0 Å². The normalized spacial score (nSPS) is 15.3. The maximum Gasteiger partial charge on any atom is 0.320 e. The molecule has 0 fully saturated rings. The number of aliphatic carboxylic acids is 1. The Balaban J connectivity index is 0.000000411. The molecule has 0 bridgehead atoms. The van der Waals surface area contributed by atoms with Crippen LogP contribution in [0.2, 0.25) is 0 Å². The first-order valence-electron chi connectivity index (χ1n) is 6.07. The number of methoxy groups -OCH3 is 1. The Labute approximate surface area is 109 Å². The molecule has 1 rings (SSSR count). The van der Waals surface area contributed by atoms with Crippen LogP contribution in [0.1, 0.15) is 19.8 Å². The van der Waals surface area contributed by atoms with Crippen molar-refractivity contribution in [2.24, 2.45) is 5.73 Å². The average Bonchev–Trinajstić information content (AvgIpc) is 2.71. The van der Waals surface area contributed by atoms with E-state index in [4.69, 9.17) is 15.6 Å². The van der Waals surface area contributed by atoms with Crippen molar-refractivity contribution in [1.82, 2.24) is 9.80 Å². The summed E-state index contributed by atoms with van der Waals surface area (Å²) in [6, 6.07) is -0.731. The zero-order valence-electron chi connectivity index (χ0n) is 11.5. The molecule has 0 saturated carbocycles. The van der Waals surface area contributed by atoms with E-state index in [1.54, 1.807) is 7.11 Å². The number of nitrogens with two attached hydrogens (primary N) is 1. The van der Waals surface area contributed by atoms with Gasteiger partial charge in [-0.1, -0.05) is 0 Å². The number of hydrogen-bond acceptors (Lipinski definition) is 5. The summed E-state index contributed by atoms with van der Waals surface area (Å²) in [5.41, 5.74) is 4.84. The molecule has 1 atom stereocenters. The Morgan fingerprint density at radius 3 is 2.50 bits per heavy atom. The van der Waals surface area contributed by atoms with Crippen molar-refractivity contribution in [3.05, 3.63) is 12.4 Å². The van der Waals surface area contributed by atoms with Crippen molar-refractivity contribution < 1.29 is 14.6 Å². The molecule has 106 valence electrons. The van der Waals surface area contributed by atoms with Gasteiger partial charge in [0.1, 0.15) is 6.04 Å². The third-order valence-corrected chi connectivity index (χ3v) is 2.37. The molecule has 18 heavy (non-hydrogen) atoms. The molecule has 0 spiro atoms. The molecule has 0 amide bonds. The predicted molar refractivity (Wildman–Crippen MR) is 70.9 cm³/mol. The topological polar surface area (TPSA) is 79.0 Å². The van der Waals surface area contributed by atoms with Crippen molar-refractivity contribution >= 4 is 5.97 Å². The van der Waals surface area contributed by atoms with Gasteiger partial charge in [0.15, 0.2) is 0 Å². The van der Waals surface area contributed by atoms with E-state index in [0.29, 0.717) is 0 Å². The number of unbranched alkanes of at least 4 members (excludes halogenated alkanes) is 1. The quantitative estimate of drug-likeness (QED) is 0.677. The fourth-order valence-electron chi connectivity index (χ4n) is 1.30. The highest BCUT2D eigenvalue weighted by atomic mass is 16.5. The number of carboxylic acids is 1. The van der Waals surface area contributed by atoms with E-state index in [1.165, 1.54) is 13.3 Å². The Morgan fingerprint density at radius 2 is 2.11 bits per heavy atom. The number of carboxylic acid groups (broad SMARTS) is 1. The summed E-state index contributed by atoms with van der Waals surface area (Å²) in [5.74, 6) is -0.963. The molecule has 1 aliphatic rings. The van der Waals surface area contributed by atoms with E-state index in [-0.39, 0.29) is 0 Å². The smallest absolute Gasteiger partial charge is 0.320 e. The van der Waals surface area contributed by atoms with Crippen molar-refractivity contribution in [3.8, 4) is 0 Å². The number of nitrogens with zero attached hydrogens (tertiary/aromatic N) is 2. The van der Waals surface area contributed by atoms with Gasteiger partial charge in [0.2, 0.25) is 0 Å². The van der Waals surface area contributed by atoms with Crippen LogP contribution in [-0.2, 0) is 9.53 Å². The van der Waals surface area contributed by atoms with Crippen molar-refractivity contribution in [2.75, 3.05) is 34.0 Å². The predicted octanol–water partition coefficient (Wildman–Crippen LogP) is 0.507. The molecule has 0 aromatic carbocycles. The Hall–Kier alpha value is -1.27. The van der Waals surface area contributed by atoms with E-state index in [2.05, 4.69) is 29.2 Å². The molecule has 6 nitrogen and oxygen atoms in total. The SMILES string of the molecule is CC(N)C(=O)O.COCCCCN1C=CN(C)C1. The first-order chi connectivity index (χ1) is 8.47. The van der Waals surface area contributed by atoms with Crippen LogP contribution in [0.5, 0.6) is 0 Å². The molecular weight excluding hydrogens is 234 g/mol. The minimum absolute atomic E-state index is 0.731. The van der Waals surface area contributed by atoms with E-state index >= 15 is 0 Å². The highest BCUT2D eigenvalue weighted by Gasteiger charge is 2.06. The van der Waals surface area contributed by atoms with Gasteiger partial charge in [-0.3, -0.25) is 4.79 Å². The summed E-state index contributed by atoms with van der Waals surface area (Å²) in [5, 5.41) is 7.87. The zero-order valence-corrected chi connectivity index (χ0v) is 11.5. The summed E-state index contributed by atoms with van der Waals surface area (Å²) in [7, 11) is 3.84. The molecule has 1 heterocycles. The minimum atomic E-state index is -0.963. The summed E-state index contributed by atoms with van der Waals surface area (Å²) in [6.45, 7) is 4.48. The number of rotatable bonds is 6. The Bertz CT molecular complexity index is 257. The van der Waals surface area contributed by atoms with Gasteiger partial charge in [0.25, 0.3) is 0 Å². The standard InChI is InChI=1S/C9H18N2O.C3H7NO2/c1-10-6-7-11(9-10)5-3-4-8-12-2;1-2(4)3(5)6/h6-7H,3-5,8-9H2,1-2H3;2H,4H2,1H3,(H,5,6). The average molecular weight is 259 g/mol. The summed E-state index contributed by atoms with van der Waals surface area (Å²) in [6.07, 6.45) is 6.62. The van der Waals surface area contributed by atoms with Crippen LogP contribution in [-0.4, -0.2) is 60.9 Å². The molecule has 0 aliphatic carbocycles. The monoisotopic (exact) mass is 259 g/mol. The maximum absolute atomic E-state index is 9.57. The lowest BCUT2D eigenvalue weighted by atomic mass is 10.3. The Morgan fingerprint density at radius 1 is 1.50 bits per heavy atom. The summed E-state index contributed by atoms with van der Waals surface area (Å²) < 4.78 is 4.98. The van der Waals surface area contributed by atoms with Gasteiger partial charge >= 0.3 is 5.97 Å². The van der Waals surface area contributed by atoms with Crippen molar-refractivity contribution in [3.63, 3.8) is 0 Å². The molecule has 0 saturated heterocycles. The van der Waals surface area contributed by atoms with E-state index < -0.39 is 12.0 Å². The lowest BCUT2D eigenvalue weighted by Crippen LogP contribution is -2.25. The molecule has 0 aromatic rings. The third-order valence-electron chi connectivity index (χ3n) is 2.37. The van der Waals surface area contributed by atoms with Gasteiger partial charge in [-0.2, -0.15) is 0 Å². The van der Waals surface area contributed by atoms with Crippen LogP contribution in [0, 0.1) is 0 Å². The van der Waals surface area contributed by atoms with Crippen LogP contribution < -0.4 is 5.73 Å². The summed E-state index contributed by atoms with van der Waals surface area (Å²) in [4.78, 5) is 14.1. The third kappa shape index (κ3) is 8.83. The second kappa shape index (κ2) is 9.73. The van der Waals surface area contributed by atoms with Crippen LogP contribution in [0.25, 0.3) is 0 Å². The zero-order chi connectivity index (χ0) is 14.0. The molecule has 6 heteroatoms. The molecule has 1 aliphatic heterocycles. The lowest BCUT2D eigenvalue weighted by molar-refractivity contribution is -0.138. The van der Waals surface area contributed by atoms with Gasteiger partial charge in [-0.05, 0) is 19.8 Å². The van der Waals surface area contributed by atoms with E-state index in [0.717, 1.165) is 26.2 Å². The largest absolute Gasteiger partial charge is 0.480 e. The fourth-order valence-corrected chi connectivity index (χ4v) is 1.30. The molecular formula is C12H25N3O3. The van der Waals surface area contributed by atoms with Gasteiger partial charge in [-0.25, -0.2) is 0 Å². The lowest BCUT2D eigenvalue weighted by Gasteiger charge is -2.17. The molecule has 3 N–H and O–H groups in total. The van der Waals surface area contributed by atoms with Crippen molar-refractivity contribution in [2.45, 2.75) is 25.8 Å². The maximum atomic E-state index is 9.57. The van der Waals surface area contributed by atoms with Gasteiger partial charge in [0, 0.05) is 39.7 Å². The first-order valence-corrected chi connectivity index (χ1v) is 6.07. The number of hydrogen-bond donors (Lipinski definition) is 2. The van der Waals surface area contributed by atoms with E-state index in [1.807, 2.05) is 0 Å². The molecule has 0 radical (unpaired) electrons. The summed E-state index contributed by atoms with van der Waals surface area (Å²) >= 11 is 0. The van der Waals surface area contributed by atoms with E-state index in [9.17, 15) is 4.79 Å². The van der Waals surface area contributed by atoms with Crippen LogP contribution in [0.4, 0.5) is 0 Å². The van der Waals surface area contributed by atoms with Crippen molar-refractivity contribution in [1.29, 1.82) is 0 Å². The molecule has 0 aromatic heterocycles. The first kappa shape index (κ1) is 16.7. The fraction of sp³-hybridized carbons (Fsp3) is 0.750. The highest BCUT2D eigenvalue weighted by Crippen LogP contribution is 2.04. The minimum Gasteiger partial charge on any atom is -0.480 e. The van der Waals surface area contributed by atoms with Gasteiger partial charge < -0.3 is 25.4 Å². The van der Waals surface area contributed by atoms with Gasteiger partial charge in [-0.15, -0.1) is 0 Å². The molecule has 1 unspecified atom stereocenters. The second-order valence-electron chi connectivity index (χ2n) is 4.34. The number of ether oxygens (including phenoxy) is 1. The van der Waals surface area contributed by atoms with Gasteiger partial charge in [0.05, 0.1) is 6.67 Å². The second-order valence-corrected chi connectivity index (χ2v) is 4.34.